The molecule has 1 unspecified atom stereocenters. The van der Waals surface area contributed by atoms with Crippen LogP contribution in [-0.2, 0) is 0 Å². The van der Waals surface area contributed by atoms with E-state index >= 15 is 0 Å². The lowest BCUT2D eigenvalue weighted by Gasteiger charge is -2.31. The van der Waals surface area contributed by atoms with Crippen LogP contribution in [0.1, 0.15) is 51.1 Å². The van der Waals surface area contributed by atoms with E-state index in [-0.39, 0.29) is 6.10 Å². The zero-order chi connectivity index (χ0) is 14.8. The highest BCUT2D eigenvalue weighted by Crippen LogP contribution is 2.39. The first-order valence-electron chi connectivity index (χ1n) is 8.39. The molecule has 2 aliphatic rings. The van der Waals surface area contributed by atoms with Crippen molar-refractivity contribution in [2.45, 2.75) is 57.7 Å². The van der Waals surface area contributed by atoms with Gasteiger partial charge in [0, 0.05) is 25.2 Å². The van der Waals surface area contributed by atoms with E-state index in [9.17, 15) is 0 Å². The zero-order valence-corrected chi connectivity index (χ0v) is 13.3. The molecule has 2 N–H and O–H groups in total. The Kier molecular flexibility index (Phi) is 4.51. The van der Waals surface area contributed by atoms with Crippen LogP contribution in [0.4, 0.5) is 0 Å². The van der Waals surface area contributed by atoms with Crippen molar-refractivity contribution in [1.82, 2.24) is 4.90 Å². The molecule has 0 bridgehead atoms. The van der Waals surface area contributed by atoms with Gasteiger partial charge in [-0.15, -0.1) is 0 Å². The van der Waals surface area contributed by atoms with Gasteiger partial charge in [0.15, 0.2) is 0 Å². The summed E-state index contributed by atoms with van der Waals surface area (Å²) in [6.07, 6.45) is 5.69. The van der Waals surface area contributed by atoms with Crippen LogP contribution in [-0.4, -0.2) is 30.1 Å². The molecule has 0 aliphatic heterocycles. The van der Waals surface area contributed by atoms with E-state index in [2.05, 4.69) is 36.9 Å². The van der Waals surface area contributed by atoms with Gasteiger partial charge in [0.25, 0.3) is 0 Å². The van der Waals surface area contributed by atoms with Gasteiger partial charge in [-0.1, -0.05) is 12.1 Å². The molecular weight excluding hydrogens is 260 g/mol. The second-order valence-electron chi connectivity index (χ2n) is 6.86. The minimum absolute atomic E-state index is 0.211. The number of benzene rings is 1. The Bertz CT molecular complexity index is 466. The SMILES string of the molecule is CC(C)Oc1cccc(C(CN)N(CC2CC2)C2CC2)c1. The predicted molar refractivity (Wildman–Crippen MR) is 86.5 cm³/mol. The molecule has 0 heterocycles. The largest absolute Gasteiger partial charge is 0.491 e. The number of nitrogens with zero attached hydrogens (tertiary/aromatic N) is 1. The van der Waals surface area contributed by atoms with Gasteiger partial charge >= 0.3 is 0 Å². The number of hydrogen-bond donors (Lipinski definition) is 1. The van der Waals surface area contributed by atoms with Crippen molar-refractivity contribution in [2.24, 2.45) is 11.7 Å². The third kappa shape index (κ3) is 3.98. The Hall–Kier alpha value is -1.06. The highest BCUT2D eigenvalue weighted by Gasteiger charge is 2.37. The molecule has 21 heavy (non-hydrogen) atoms. The summed E-state index contributed by atoms with van der Waals surface area (Å²) >= 11 is 0. The van der Waals surface area contributed by atoms with E-state index in [4.69, 9.17) is 10.5 Å². The highest BCUT2D eigenvalue weighted by atomic mass is 16.5. The highest BCUT2D eigenvalue weighted by molar-refractivity contribution is 5.31. The number of hydrogen-bond acceptors (Lipinski definition) is 3. The minimum atomic E-state index is 0.211. The first-order valence-corrected chi connectivity index (χ1v) is 8.39. The molecule has 2 fully saturated rings. The van der Waals surface area contributed by atoms with Gasteiger partial charge in [-0.3, -0.25) is 4.90 Å². The maximum Gasteiger partial charge on any atom is 0.120 e. The van der Waals surface area contributed by atoms with Crippen LogP contribution in [0.2, 0.25) is 0 Å². The molecule has 0 spiro atoms. The van der Waals surface area contributed by atoms with E-state index in [0.717, 1.165) is 17.7 Å². The van der Waals surface area contributed by atoms with Crippen LogP contribution in [0, 0.1) is 5.92 Å². The van der Waals surface area contributed by atoms with Gasteiger partial charge in [0.2, 0.25) is 0 Å². The van der Waals surface area contributed by atoms with Crippen molar-refractivity contribution in [3.05, 3.63) is 29.8 Å². The van der Waals surface area contributed by atoms with Crippen LogP contribution in [0.5, 0.6) is 5.75 Å². The monoisotopic (exact) mass is 288 g/mol. The summed E-state index contributed by atoms with van der Waals surface area (Å²) < 4.78 is 5.84. The summed E-state index contributed by atoms with van der Waals surface area (Å²) in [4.78, 5) is 2.66. The van der Waals surface area contributed by atoms with Crippen molar-refractivity contribution in [1.29, 1.82) is 0 Å². The standard InChI is InChI=1S/C18H28N2O/c1-13(2)21-17-5-3-4-15(10-17)18(11-19)20(16-8-9-16)12-14-6-7-14/h3-5,10,13-14,16,18H,6-9,11-12,19H2,1-2H3. The molecule has 116 valence electrons. The van der Waals surface area contributed by atoms with Gasteiger partial charge in [-0.2, -0.15) is 0 Å². The molecule has 3 heteroatoms. The van der Waals surface area contributed by atoms with E-state index in [1.807, 2.05) is 6.07 Å². The molecule has 0 radical (unpaired) electrons. The fraction of sp³-hybridized carbons (Fsp3) is 0.667. The molecule has 3 nitrogen and oxygen atoms in total. The number of ether oxygens (including phenoxy) is 1. The Morgan fingerprint density at radius 1 is 1.24 bits per heavy atom. The summed E-state index contributed by atoms with van der Waals surface area (Å²) in [6, 6.07) is 9.62. The van der Waals surface area contributed by atoms with Crippen LogP contribution < -0.4 is 10.5 Å². The number of rotatable bonds is 8. The Labute approximate surface area is 128 Å². The minimum Gasteiger partial charge on any atom is -0.491 e. The molecule has 0 saturated heterocycles. The van der Waals surface area contributed by atoms with Gasteiger partial charge in [0.05, 0.1) is 6.10 Å². The molecule has 1 aromatic carbocycles. The maximum absolute atomic E-state index is 6.14. The van der Waals surface area contributed by atoms with Crippen LogP contribution in [0.15, 0.2) is 24.3 Å². The Balaban J connectivity index is 1.76. The van der Waals surface area contributed by atoms with Gasteiger partial charge in [-0.05, 0) is 63.1 Å². The molecular formula is C18H28N2O. The van der Waals surface area contributed by atoms with Crippen molar-refractivity contribution in [2.75, 3.05) is 13.1 Å². The Morgan fingerprint density at radius 3 is 2.57 bits per heavy atom. The van der Waals surface area contributed by atoms with Crippen LogP contribution in [0.3, 0.4) is 0 Å². The van der Waals surface area contributed by atoms with Crippen molar-refractivity contribution >= 4 is 0 Å². The maximum atomic E-state index is 6.14. The molecule has 0 amide bonds. The first kappa shape index (κ1) is 14.9. The summed E-state index contributed by atoms with van der Waals surface area (Å²) in [5, 5.41) is 0. The van der Waals surface area contributed by atoms with E-state index in [1.165, 1.54) is 37.8 Å². The fourth-order valence-corrected chi connectivity index (χ4v) is 3.07. The Morgan fingerprint density at radius 2 is 2.00 bits per heavy atom. The van der Waals surface area contributed by atoms with Gasteiger partial charge in [0.1, 0.15) is 5.75 Å². The van der Waals surface area contributed by atoms with E-state index in [0.29, 0.717) is 12.6 Å². The van der Waals surface area contributed by atoms with Crippen molar-refractivity contribution in [3.8, 4) is 5.75 Å². The summed E-state index contributed by atoms with van der Waals surface area (Å²) in [7, 11) is 0. The number of nitrogens with two attached hydrogens (primary N) is 1. The van der Waals surface area contributed by atoms with Crippen LogP contribution >= 0.6 is 0 Å². The fourth-order valence-electron chi connectivity index (χ4n) is 3.07. The quantitative estimate of drug-likeness (QED) is 0.797. The second kappa shape index (κ2) is 6.37. The molecule has 3 rings (SSSR count). The summed E-state index contributed by atoms with van der Waals surface area (Å²) in [5.74, 6) is 1.87. The third-order valence-electron chi connectivity index (χ3n) is 4.42. The first-order chi connectivity index (χ1) is 10.2. The molecule has 0 aromatic heterocycles. The zero-order valence-electron chi connectivity index (χ0n) is 13.3. The normalized spacial score (nSPS) is 20.0. The van der Waals surface area contributed by atoms with Gasteiger partial charge < -0.3 is 10.5 Å². The molecule has 1 atom stereocenters. The van der Waals surface area contributed by atoms with Crippen molar-refractivity contribution in [3.63, 3.8) is 0 Å². The smallest absolute Gasteiger partial charge is 0.120 e. The van der Waals surface area contributed by atoms with E-state index < -0.39 is 0 Å². The predicted octanol–water partition coefficient (Wildman–Crippen LogP) is 3.35. The molecule has 1 aromatic rings. The topological polar surface area (TPSA) is 38.5 Å². The third-order valence-corrected chi connectivity index (χ3v) is 4.42. The summed E-state index contributed by atoms with van der Waals surface area (Å²) in [6.45, 7) is 6.05. The summed E-state index contributed by atoms with van der Waals surface area (Å²) in [5.41, 5.74) is 7.44. The van der Waals surface area contributed by atoms with E-state index in [1.54, 1.807) is 0 Å². The lowest BCUT2D eigenvalue weighted by atomic mass is 10.0. The molecule has 2 saturated carbocycles. The van der Waals surface area contributed by atoms with Crippen LogP contribution in [0.25, 0.3) is 0 Å². The average molecular weight is 288 g/mol. The lowest BCUT2D eigenvalue weighted by molar-refractivity contribution is 0.182. The molecule has 2 aliphatic carbocycles. The van der Waals surface area contributed by atoms with Crippen molar-refractivity contribution < 1.29 is 4.74 Å². The second-order valence-corrected chi connectivity index (χ2v) is 6.86. The average Bonchev–Trinajstić information content (AvgIpc) is 3.32. The van der Waals surface area contributed by atoms with Gasteiger partial charge in [-0.25, -0.2) is 0 Å². The lowest BCUT2D eigenvalue weighted by Crippen LogP contribution is -2.37.